The summed E-state index contributed by atoms with van der Waals surface area (Å²) in [6.07, 6.45) is 7.30. The molecule has 0 bridgehead atoms. The first-order chi connectivity index (χ1) is 8.76. The standard InChI is InChI=1S/C12H14ClN3S2/c1-14-12(13)7-10(16-9-17-2)8-18-11-3-5-15-6-4-11/h3-7H,1,8-9H2,2H3/b12-7-,16-10?. The summed E-state index contributed by atoms with van der Waals surface area (Å²) >= 11 is 9.19. The van der Waals surface area contributed by atoms with Crippen molar-refractivity contribution >= 4 is 47.6 Å². The van der Waals surface area contributed by atoms with E-state index in [2.05, 4.69) is 21.7 Å². The van der Waals surface area contributed by atoms with E-state index < -0.39 is 0 Å². The van der Waals surface area contributed by atoms with Crippen LogP contribution in [0, 0.1) is 0 Å². The van der Waals surface area contributed by atoms with Crippen LogP contribution < -0.4 is 0 Å². The Morgan fingerprint density at radius 3 is 2.83 bits per heavy atom. The quantitative estimate of drug-likeness (QED) is 0.437. The highest BCUT2D eigenvalue weighted by molar-refractivity contribution is 8.00. The first-order valence-corrected chi connectivity index (χ1v) is 7.91. The van der Waals surface area contributed by atoms with Crippen LogP contribution in [-0.2, 0) is 0 Å². The molecule has 1 aromatic rings. The monoisotopic (exact) mass is 299 g/mol. The summed E-state index contributed by atoms with van der Waals surface area (Å²) in [5, 5.41) is 0.366. The lowest BCUT2D eigenvalue weighted by atomic mass is 10.4. The van der Waals surface area contributed by atoms with Crippen LogP contribution in [0.25, 0.3) is 0 Å². The van der Waals surface area contributed by atoms with E-state index in [9.17, 15) is 0 Å². The molecule has 0 N–H and O–H groups in total. The number of hydrogen-bond acceptors (Lipinski definition) is 5. The maximum absolute atomic E-state index is 5.85. The van der Waals surface area contributed by atoms with Crippen molar-refractivity contribution in [3.8, 4) is 0 Å². The topological polar surface area (TPSA) is 37.6 Å². The van der Waals surface area contributed by atoms with Gasteiger partial charge in [0.05, 0.1) is 5.88 Å². The van der Waals surface area contributed by atoms with Crippen molar-refractivity contribution in [3.05, 3.63) is 35.8 Å². The Hall–Kier alpha value is -0.780. The van der Waals surface area contributed by atoms with E-state index in [1.807, 2.05) is 18.4 Å². The fourth-order valence-electron chi connectivity index (χ4n) is 1.06. The molecule has 0 amide bonds. The molecule has 0 unspecified atom stereocenters. The maximum Gasteiger partial charge on any atom is 0.130 e. The van der Waals surface area contributed by atoms with Gasteiger partial charge in [-0.3, -0.25) is 15.0 Å². The van der Waals surface area contributed by atoms with E-state index in [4.69, 9.17) is 11.6 Å². The van der Waals surface area contributed by atoms with Crippen LogP contribution in [0.5, 0.6) is 0 Å². The molecule has 1 aromatic heterocycles. The number of nitrogens with zero attached hydrogens (tertiary/aromatic N) is 3. The van der Waals surface area contributed by atoms with Crippen LogP contribution in [0.2, 0.25) is 0 Å². The first kappa shape index (κ1) is 15.3. The predicted molar refractivity (Wildman–Crippen MR) is 84.3 cm³/mol. The van der Waals surface area contributed by atoms with E-state index in [0.717, 1.165) is 16.4 Å². The minimum absolute atomic E-state index is 0.366. The van der Waals surface area contributed by atoms with Gasteiger partial charge < -0.3 is 0 Å². The molecule has 18 heavy (non-hydrogen) atoms. The summed E-state index contributed by atoms with van der Waals surface area (Å²) in [6, 6.07) is 3.93. The van der Waals surface area contributed by atoms with E-state index >= 15 is 0 Å². The summed E-state index contributed by atoms with van der Waals surface area (Å²) in [7, 11) is 0. The van der Waals surface area contributed by atoms with Crippen LogP contribution in [0.4, 0.5) is 0 Å². The first-order valence-electron chi connectivity index (χ1n) is 5.15. The van der Waals surface area contributed by atoms with Gasteiger partial charge in [-0.1, -0.05) is 11.6 Å². The second-order valence-corrected chi connectivity index (χ2v) is 5.44. The molecule has 0 aromatic carbocycles. The average molecular weight is 300 g/mol. The van der Waals surface area contributed by atoms with Gasteiger partial charge in [-0.25, -0.2) is 0 Å². The number of hydrogen-bond donors (Lipinski definition) is 0. The van der Waals surface area contributed by atoms with Crippen LogP contribution in [0.15, 0.2) is 50.6 Å². The number of pyridine rings is 1. The summed E-state index contributed by atoms with van der Waals surface area (Å²) in [4.78, 5) is 13.2. The van der Waals surface area contributed by atoms with Gasteiger partial charge >= 0.3 is 0 Å². The van der Waals surface area contributed by atoms with E-state index in [0.29, 0.717) is 11.0 Å². The third kappa shape index (κ3) is 6.23. The molecule has 1 heterocycles. The summed E-state index contributed by atoms with van der Waals surface area (Å²) in [6.45, 7) is 3.39. The smallest absolute Gasteiger partial charge is 0.130 e. The lowest BCUT2D eigenvalue weighted by molar-refractivity contribution is 1.26. The maximum atomic E-state index is 5.85. The normalized spacial score (nSPS) is 12.6. The summed E-state index contributed by atoms with van der Waals surface area (Å²) < 4.78 is 0. The zero-order valence-electron chi connectivity index (χ0n) is 10.0. The molecule has 0 saturated heterocycles. The van der Waals surface area contributed by atoms with Crippen LogP contribution in [0.1, 0.15) is 0 Å². The number of halogens is 1. The van der Waals surface area contributed by atoms with Gasteiger partial charge in [0.1, 0.15) is 5.16 Å². The minimum atomic E-state index is 0.366. The zero-order valence-corrected chi connectivity index (χ0v) is 12.4. The van der Waals surface area contributed by atoms with Gasteiger partial charge in [-0.2, -0.15) is 0 Å². The van der Waals surface area contributed by atoms with Crippen molar-refractivity contribution in [1.29, 1.82) is 0 Å². The molecular weight excluding hydrogens is 286 g/mol. The van der Waals surface area contributed by atoms with Crippen LogP contribution in [0.3, 0.4) is 0 Å². The lowest BCUT2D eigenvalue weighted by Gasteiger charge is -2.02. The Kier molecular flexibility index (Phi) is 7.80. The fourth-order valence-corrected chi connectivity index (χ4v) is 2.28. The SMILES string of the molecule is C=N/C(Cl)=C\C(CSc1ccncc1)=NCSC. The molecular formula is C12H14ClN3S2. The molecule has 1 rings (SSSR count). The van der Waals surface area contributed by atoms with Crippen molar-refractivity contribution in [2.45, 2.75) is 4.90 Å². The molecule has 0 spiro atoms. The number of allylic oxidation sites excluding steroid dienone is 1. The van der Waals surface area contributed by atoms with Crippen molar-refractivity contribution in [2.75, 3.05) is 17.9 Å². The van der Waals surface area contributed by atoms with Gasteiger partial charge in [0.15, 0.2) is 0 Å². The lowest BCUT2D eigenvalue weighted by Crippen LogP contribution is -1.99. The van der Waals surface area contributed by atoms with Gasteiger partial charge in [0, 0.05) is 28.8 Å². The number of aromatic nitrogens is 1. The molecule has 0 fully saturated rings. The van der Waals surface area contributed by atoms with Crippen molar-refractivity contribution in [2.24, 2.45) is 9.98 Å². The van der Waals surface area contributed by atoms with Crippen LogP contribution >= 0.6 is 35.1 Å². The molecule has 3 nitrogen and oxygen atoms in total. The zero-order chi connectivity index (χ0) is 13.2. The summed E-state index contributed by atoms with van der Waals surface area (Å²) in [5.41, 5.74) is 0.906. The van der Waals surface area contributed by atoms with Crippen molar-refractivity contribution < 1.29 is 0 Å². The molecule has 0 aliphatic rings. The molecule has 0 atom stereocenters. The van der Waals surface area contributed by atoms with E-state index in [1.54, 1.807) is 42.0 Å². The molecule has 0 aliphatic heterocycles. The Labute approximate surface area is 121 Å². The summed E-state index contributed by atoms with van der Waals surface area (Å²) in [5.74, 6) is 1.46. The highest BCUT2D eigenvalue weighted by Crippen LogP contribution is 2.17. The van der Waals surface area contributed by atoms with Gasteiger partial charge in [-0.15, -0.1) is 23.5 Å². The van der Waals surface area contributed by atoms with Crippen molar-refractivity contribution in [1.82, 2.24) is 4.98 Å². The number of rotatable bonds is 7. The molecule has 6 heteroatoms. The Balaban J connectivity index is 2.65. The van der Waals surface area contributed by atoms with Gasteiger partial charge in [0.25, 0.3) is 0 Å². The van der Waals surface area contributed by atoms with Gasteiger partial charge in [-0.05, 0) is 31.2 Å². The fraction of sp³-hybridized carbons (Fsp3) is 0.250. The molecule has 0 aliphatic carbocycles. The predicted octanol–water partition coefficient (Wildman–Crippen LogP) is 3.72. The average Bonchev–Trinajstić information content (AvgIpc) is 2.42. The Morgan fingerprint density at radius 2 is 2.22 bits per heavy atom. The highest BCUT2D eigenvalue weighted by Gasteiger charge is 2.00. The van der Waals surface area contributed by atoms with Crippen LogP contribution in [-0.4, -0.2) is 35.3 Å². The Morgan fingerprint density at radius 1 is 1.50 bits per heavy atom. The minimum Gasteiger partial charge on any atom is -0.278 e. The molecule has 0 radical (unpaired) electrons. The molecule has 96 valence electrons. The largest absolute Gasteiger partial charge is 0.278 e. The van der Waals surface area contributed by atoms with Gasteiger partial charge in [0.2, 0.25) is 0 Å². The second kappa shape index (κ2) is 9.19. The van der Waals surface area contributed by atoms with E-state index in [1.165, 1.54) is 0 Å². The highest BCUT2D eigenvalue weighted by atomic mass is 35.5. The Bertz CT molecular complexity index is 432. The third-order valence-electron chi connectivity index (χ3n) is 1.87. The van der Waals surface area contributed by atoms with E-state index in [-0.39, 0.29) is 0 Å². The third-order valence-corrected chi connectivity index (χ3v) is 3.53. The number of aliphatic imine (C=N–C) groups is 2. The van der Waals surface area contributed by atoms with Crippen molar-refractivity contribution in [3.63, 3.8) is 0 Å². The molecule has 0 saturated carbocycles. The number of thioether (sulfide) groups is 2. The second-order valence-electron chi connectivity index (χ2n) is 3.16.